The van der Waals surface area contributed by atoms with E-state index in [1.54, 1.807) is 0 Å². The summed E-state index contributed by atoms with van der Waals surface area (Å²) in [6.07, 6.45) is 11.8. The predicted octanol–water partition coefficient (Wildman–Crippen LogP) is 3.69. The minimum Gasteiger partial charge on any atom is -0.353 e. The first-order valence-electron chi connectivity index (χ1n) is 6.32. The van der Waals surface area contributed by atoms with Crippen molar-refractivity contribution in [3.8, 4) is 0 Å². The number of rotatable bonds is 7. The van der Waals surface area contributed by atoms with Gasteiger partial charge in [-0.25, -0.2) is 0 Å². The van der Waals surface area contributed by atoms with Crippen LogP contribution in [0.25, 0.3) is 0 Å². The average Bonchev–Trinajstić information content (AvgIpc) is 2.28. The molecule has 0 aromatic rings. The topological polar surface area (TPSA) is 18.5 Å². The summed E-state index contributed by atoms with van der Waals surface area (Å²) in [6.45, 7) is 7.47. The molecule has 0 saturated carbocycles. The van der Waals surface area contributed by atoms with E-state index in [0.29, 0.717) is 6.61 Å². The molecule has 0 spiro atoms. The second-order valence-electron chi connectivity index (χ2n) is 4.45. The van der Waals surface area contributed by atoms with Crippen LogP contribution in [0.3, 0.4) is 0 Å². The third kappa shape index (κ3) is 6.09. The number of unbranched alkanes of at least 4 members (excludes halogenated alkanes) is 2. The summed E-state index contributed by atoms with van der Waals surface area (Å²) in [7, 11) is 0. The maximum absolute atomic E-state index is 5.63. The fraction of sp³-hybridized carbons (Fsp3) is 0.714. The molecule has 1 aliphatic heterocycles. The summed E-state index contributed by atoms with van der Waals surface area (Å²) in [5.74, 6) is 0.732. The maximum Gasteiger partial charge on any atom is 0.158 e. The summed E-state index contributed by atoms with van der Waals surface area (Å²) in [4.78, 5) is 0. The zero-order chi connectivity index (χ0) is 11.6. The van der Waals surface area contributed by atoms with E-state index in [-0.39, 0.29) is 6.29 Å². The van der Waals surface area contributed by atoms with E-state index < -0.39 is 0 Å². The number of allylic oxidation sites excluding steroid dienone is 2. The van der Waals surface area contributed by atoms with Crippen molar-refractivity contribution in [2.45, 2.75) is 45.3 Å². The summed E-state index contributed by atoms with van der Waals surface area (Å²) >= 11 is 0. The minimum atomic E-state index is 0.0153. The molecule has 16 heavy (non-hydrogen) atoms. The minimum absolute atomic E-state index is 0.0153. The lowest BCUT2D eigenvalue weighted by Gasteiger charge is -2.26. The standard InChI is InChI=1S/C14H24O2/c1-3-4-5-6-7-8-10-15-14-12-13(2)9-11-16-14/h3,7-8,13-14H,1,4-6,9-12H2,2H3. The Morgan fingerprint density at radius 3 is 3.00 bits per heavy atom. The second-order valence-corrected chi connectivity index (χ2v) is 4.45. The van der Waals surface area contributed by atoms with Gasteiger partial charge in [-0.2, -0.15) is 0 Å². The van der Waals surface area contributed by atoms with Crippen molar-refractivity contribution >= 4 is 0 Å². The van der Waals surface area contributed by atoms with Crippen LogP contribution >= 0.6 is 0 Å². The molecule has 1 aliphatic rings. The lowest BCUT2D eigenvalue weighted by Crippen LogP contribution is -2.26. The molecule has 1 saturated heterocycles. The summed E-state index contributed by atoms with van der Waals surface area (Å²) in [6, 6.07) is 0. The van der Waals surface area contributed by atoms with E-state index in [1.165, 1.54) is 6.42 Å². The first kappa shape index (κ1) is 13.5. The van der Waals surface area contributed by atoms with Gasteiger partial charge in [-0.15, -0.1) is 6.58 Å². The van der Waals surface area contributed by atoms with Gasteiger partial charge in [0, 0.05) is 13.0 Å². The Morgan fingerprint density at radius 2 is 2.25 bits per heavy atom. The maximum atomic E-state index is 5.63. The molecule has 2 nitrogen and oxygen atoms in total. The van der Waals surface area contributed by atoms with Gasteiger partial charge in [0.25, 0.3) is 0 Å². The Kier molecular flexibility index (Phi) is 7.19. The normalized spacial score (nSPS) is 26.1. The Hall–Kier alpha value is -0.600. The predicted molar refractivity (Wildman–Crippen MR) is 67.3 cm³/mol. The van der Waals surface area contributed by atoms with Crippen molar-refractivity contribution in [3.05, 3.63) is 24.8 Å². The van der Waals surface area contributed by atoms with Gasteiger partial charge in [-0.1, -0.05) is 25.2 Å². The van der Waals surface area contributed by atoms with Crippen molar-refractivity contribution in [1.29, 1.82) is 0 Å². The Morgan fingerprint density at radius 1 is 1.38 bits per heavy atom. The largest absolute Gasteiger partial charge is 0.353 e. The summed E-state index contributed by atoms with van der Waals surface area (Å²) in [5, 5.41) is 0. The van der Waals surface area contributed by atoms with Crippen LogP contribution in [-0.4, -0.2) is 19.5 Å². The van der Waals surface area contributed by atoms with Crippen LogP contribution in [0, 0.1) is 5.92 Å². The van der Waals surface area contributed by atoms with E-state index in [9.17, 15) is 0 Å². The van der Waals surface area contributed by atoms with Crippen molar-refractivity contribution in [2.75, 3.05) is 13.2 Å². The van der Waals surface area contributed by atoms with Crippen molar-refractivity contribution in [3.63, 3.8) is 0 Å². The molecule has 0 N–H and O–H groups in total. The molecule has 0 aromatic carbocycles. The molecule has 1 heterocycles. The Bertz CT molecular complexity index is 211. The molecule has 0 bridgehead atoms. The number of hydrogen-bond acceptors (Lipinski definition) is 2. The van der Waals surface area contributed by atoms with Gasteiger partial charge in [-0.05, 0) is 31.6 Å². The van der Waals surface area contributed by atoms with Gasteiger partial charge in [0.2, 0.25) is 0 Å². The molecule has 1 fully saturated rings. The van der Waals surface area contributed by atoms with Gasteiger partial charge >= 0.3 is 0 Å². The van der Waals surface area contributed by atoms with Crippen LogP contribution in [0.15, 0.2) is 24.8 Å². The second kappa shape index (κ2) is 8.54. The quantitative estimate of drug-likeness (QED) is 0.485. The number of ether oxygens (including phenoxy) is 2. The highest BCUT2D eigenvalue weighted by Gasteiger charge is 2.18. The van der Waals surface area contributed by atoms with E-state index in [0.717, 1.165) is 38.2 Å². The monoisotopic (exact) mass is 224 g/mol. The smallest absolute Gasteiger partial charge is 0.158 e. The van der Waals surface area contributed by atoms with E-state index in [4.69, 9.17) is 9.47 Å². The van der Waals surface area contributed by atoms with Crippen LogP contribution in [0.4, 0.5) is 0 Å². The van der Waals surface area contributed by atoms with Gasteiger partial charge < -0.3 is 9.47 Å². The zero-order valence-electron chi connectivity index (χ0n) is 10.4. The first-order valence-corrected chi connectivity index (χ1v) is 6.32. The lowest BCUT2D eigenvalue weighted by molar-refractivity contribution is -0.166. The fourth-order valence-corrected chi connectivity index (χ4v) is 1.76. The SMILES string of the molecule is C=CCCCC=CCOC1CC(C)CCO1. The van der Waals surface area contributed by atoms with E-state index in [2.05, 4.69) is 25.7 Å². The third-order valence-corrected chi connectivity index (χ3v) is 2.83. The van der Waals surface area contributed by atoms with Gasteiger partial charge in [0.05, 0.1) is 6.61 Å². The van der Waals surface area contributed by atoms with Gasteiger partial charge in [-0.3, -0.25) is 0 Å². The van der Waals surface area contributed by atoms with E-state index in [1.807, 2.05) is 6.08 Å². The third-order valence-electron chi connectivity index (χ3n) is 2.83. The van der Waals surface area contributed by atoms with Gasteiger partial charge in [0.1, 0.15) is 0 Å². The highest BCUT2D eigenvalue weighted by Crippen LogP contribution is 2.19. The van der Waals surface area contributed by atoms with Crippen LogP contribution < -0.4 is 0 Å². The molecule has 0 amide bonds. The molecular formula is C14H24O2. The highest BCUT2D eigenvalue weighted by molar-refractivity contribution is 4.82. The zero-order valence-corrected chi connectivity index (χ0v) is 10.4. The summed E-state index contributed by atoms with van der Waals surface area (Å²) in [5.41, 5.74) is 0. The Balaban J connectivity index is 1.99. The number of hydrogen-bond donors (Lipinski definition) is 0. The van der Waals surface area contributed by atoms with Crippen molar-refractivity contribution in [2.24, 2.45) is 5.92 Å². The van der Waals surface area contributed by atoms with Crippen LogP contribution in [0.2, 0.25) is 0 Å². The molecule has 0 radical (unpaired) electrons. The molecule has 2 unspecified atom stereocenters. The Labute approximate surface area is 99.3 Å². The lowest BCUT2D eigenvalue weighted by atomic mass is 10.0. The average molecular weight is 224 g/mol. The van der Waals surface area contributed by atoms with Crippen LogP contribution in [0.5, 0.6) is 0 Å². The molecule has 0 aromatic heterocycles. The molecule has 1 rings (SSSR count). The molecule has 2 atom stereocenters. The first-order chi connectivity index (χ1) is 7.83. The van der Waals surface area contributed by atoms with Crippen molar-refractivity contribution in [1.82, 2.24) is 0 Å². The fourth-order valence-electron chi connectivity index (χ4n) is 1.76. The molecule has 92 valence electrons. The van der Waals surface area contributed by atoms with Gasteiger partial charge in [0.15, 0.2) is 6.29 Å². The molecule has 2 heteroatoms. The van der Waals surface area contributed by atoms with Crippen molar-refractivity contribution < 1.29 is 9.47 Å². The summed E-state index contributed by atoms with van der Waals surface area (Å²) < 4.78 is 11.2. The van der Waals surface area contributed by atoms with Crippen LogP contribution in [-0.2, 0) is 9.47 Å². The highest BCUT2D eigenvalue weighted by atomic mass is 16.7. The molecular weight excluding hydrogens is 200 g/mol. The molecule has 0 aliphatic carbocycles. The van der Waals surface area contributed by atoms with E-state index >= 15 is 0 Å². The van der Waals surface area contributed by atoms with Crippen LogP contribution in [0.1, 0.15) is 39.0 Å².